The van der Waals surface area contributed by atoms with Crippen molar-refractivity contribution in [1.29, 1.82) is 0 Å². The molecule has 0 saturated carbocycles. The molecular weight excluding hydrogens is 358 g/mol. The molecule has 7 nitrogen and oxygen atoms in total. The van der Waals surface area contributed by atoms with E-state index in [4.69, 9.17) is 30.3 Å². The lowest BCUT2D eigenvalue weighted by Gasteiger charge is -2.07. The molecule has 0 aliphatic heterocycles. The molecular formula is C18H16ClN3O4. The predicted octanol–water partition coefficient (Wildman–Crippen LogP) is 3.96. The van der Waals surface area contributed by atoms with E-state index in [9.17, 15) is 0 Å². The van der Waals surface area contributed by atoms with Gasteiger partial charge >= 0.3 is 0 Å². The summed E-state index contributed by atoms with van der Waals surface area (Å²) in [5, 5.41) is 12.4. The molecule has 0 radical (unpaired) electrons. The van der Waals surface area contributed by atoms with Crippen molar-refractivity contribution in [2.24, 2.45) is 5.16 Å². The molecule has 0 N–H and O–H groups in total. The van der Waals surface area contributed by atoms with Crippen LogP contribution in [0.25, 0.3) is 11.5 Å². The van der Waals surface area contributed by atoms with Gasteiger partial charge in [0, 0.05) is 16.1 Å². The molecule has 0 atom stereocenters. The Balaban J connectivity index is 1.58. The van der Waals surface area contributed by atoms with E-state index in [2.05, 4.69) is 15.4 Å². The van der Waals surface area contributed by atoms with Gasteiger partial charge in [-0.05, 0) is 42.5 Å². The van der Waals surface area contributed by atoms with Gasteiger partial charge in [-0.2, -0.15) is 0 Å². The number of aromatic nitrogens is 2. The Hall–Kier alpha value is -3.06. The van der Waals surface area contributed by atoms with Gasteiger partial charge in [-0.3, -0.25) is 0 Å². The molecule has 0 bridgehead atoms. The van der Waals surface area contributed by atoms with E-state index in [-0.39, 0.29) is 6.61 Å². The van der Waals surface area contributed by atoms with Gasteiger partial charge in [-0.25, -0.2) is 0 Å². The molecule has 0 unspecified atom stereocenters. The lowest BCUT2D eigenvalue weighted by molar-refractivity contribution is 0.112. The second-order valence-corrected chi connectivity index (χ2v) is 5.57. The number of nitrogens with zero attached hydrogens (tertiary/aromatic N) is 3. The van der Waals surface area contributed by atoms with Gasteiger partial charge in [0.25, 0.3) is 5.89 Å². The predicted molar refractivity (Wildman–Crippen MR) is 96.7 cm³/mol. The third kappa shape index (κ3) is 4.31. The van der Waals surface area contributed by atoms with Crippen LogP contribution in [0.2, 0.25) is 5.02 Å². The van der Waals surface area contributed by atoms with E-state index >= 15 is 0 Å². The number of halogens is 1. The van der Waals surface area contributed by atoms with E-state index in [0.717, 1.165) is 11.1 Å². The normalized spacial score (nSPS) is 10.9. The molecule has 1 heterocycles. The standard InChI is InChI=1S/C18H16ClN3O4/c1-23-15-8-3-12(9-16(15)24-2)10-20-25-11-17-21-22-18(26-17)13-4-6-14(19)7-5-13/h3-10H,11H2,1-2H3/b20-10-. The number of ether oxygens (including phenoxy) is 2. The van der Waals surface area contributed by atoms with E-state index < -0.39 is 0 Å². The van der Waals surface area contributed by atoms with Gasteiger partial charge < -0.3 is 18.7 Å². The average molecular weight is 374 g/mol. The van der Waals surface area contributed by atoms with Crippen LogP contribution in [-0.2, 0) is 11.4 Å². The number of benzene rings is 2. The summed E-state index contributed by atoms with van der Waals surface area (Å²) in [5.41, 5.74) is 1.58. The second-order valence-electron chi connectivity index (χ2n) is 5.13. The van der Waals surface area contributed by atoms with Crippen LogP contribution in [0.3, 0.4) is 0 Å². The molecule has 3 aromatic rings. The minimum atomic E-state index is 0.0599. The fourth-order valence-corrected chi connectivity index (χ4v) is 2.27. The second kappa shape index (κ2) is 8.35. The van der Waals surface area contributed by atoms with Crippen LogP contribution in [0.4, 0.5) is 0 Å². The van der Waals surface area contributed by atoms with E-state index in [1.54, 1.807) is 56.8 Å². The quantitative estimate of drug-likeness (QED) is 0.460. The van der Waals surface area contributed by atoms with Crippen LogP contribution in [0.15, 0.2) is 52.0 Å². The Kier molecular flexibility index (Phi) is 5.70. The molecule has 0 aliphatic rings. The SMILES string of the molecule is COc1ccc(/C=N\OCc2nnc(-c3ccc(Cl)cc3)o2)cc1OC. The number of rotatable bonds is 7. The summed E-state index contributed by atoms with van der Waals surface area (Å²) in [5.74, 6) is 1.97. The first-order valence-electron chi connectivity index (χ1n) is 7.65. The van der Waals surface area contributed by atoms with Crippen LogP contribution in [-0.4, -0.2) is 30.6 Å². The summed E-state index contributed by atoms with van der Waals surface area (Å²) < 4.78 is 15.9. The Morgan fingerprint density at radius 3 is 2.54 bits per heavy atom. The maximum atomic E-state index is 5.86. The van der Waals surface area contributed by atoms with Gasteiger partial charge in [-0.1, -0.05) is 16.8 Å². The smallest absolute Gasteiger partial charge is 0.257 e. The fraction of sp³-hybridized carbons (Fsp3) is 0.167. The zero-order valence-electron chi connectivity index (χ0n) is 14.2. The molecule has 0 amide bonds. The highest BCUT2D eigenvalue weighted by atomic mass is 35.5. The van der Waals surface area contributed by atoms with Crippen molar-refractivity contribution in [1.82, 2.24) is 10.2 Å². The van der Waals surface area contributed by atoms with Crippen LogP contribution >= 0.6 is 11.6 Å². The topological polar surface area (TPSA) is 79.0 Å². The third-order valence-electron chi connectivity index (χ3n) is 3.43. The third-order valence-corrected chi connectivity index (χ3v) is 3.68. The Labute approximate surface area is 155 Å². The summed E-state index contributed by atoms with van der Waals surface area (Å²) in [7, 11) is 3.15. The van der Waals surface area contributed by atoms with Gasteiger partial charge in [0.1, 0.15) is 0 Å². The maximum Gasteiger partial charge on any atom is 0.257 e. The molecule has 0 fully saturated rings. The summed E-state index contributed by atoms with van der Waals surface area (Å²) in [6, 6.07) is 12.5. The first-order chi connectivity index (χ1) is 12.7. The van der Waals surface area contributed by atoms with Gasteiger partial charge in [-0.15, -0.1) is 10.2 Å². The number of hydrogen-bond acceptors (Lipinski definition) is 7. The van der Waals surface area contributed by atoms with Crippen molar-refractivity contribution in [3.05, 3.63) is 58.9 Å². The summed E-state index contributed by atoms with van der Waals surface area (Å²) in [6.45, 7) is 0.0599. The van der Waals surface area contributed by atoms with Crippen molar-refractivity contribution < 1.29 is 18.7 Å². The summed E-state index contributed by atoms with van der Waals surface area (Å²) in [4.78, 5) is 5.20. The Morgan fingerprint density at radius 1 is 1.04 bits per heavy atom. The summed E-state index contributed by atoms with van der Waals surface area (Å²) in [6.07, 6.45) is 1.55. The van der Waals surface area contributed by atoms with Crippen LogP contribution < -0.4 is 9.47 Å². The minimum absolute atomic E-state index is 0.0599. The van der Waals surface area contributed by atoms with Crippen molar-refractivity contribution in [2.75, 3.05) is 14.2 Å². The number of oxime groups is 1. The lowest BCUT2D eigenvalue weighted by atomic mass is 10.2. The number of methoxy groups -OCH3 is 2. The molecule has 0 spiro atoms. The highest BCUT2D eigenvalue weighted by Crippen LogP contribution is 2.27. The maximum absolute atomic E-state index is 5.86. The zero-order valence-corrected chi connectivity index (χ0v) is 14.9. The highest BCUT2D eigenvalue weighted by Gasteiger charge is 2.09. The van der Waals surface area contributed by atoms with Gasteiger partial charge in [0.2, 0.25) is 5.89 Å². The first-order valence-corrected chi connectivity index (χ1v) is 8.03. The molecule has 0 saturated heterocycles. The lowest BCUT2D eigenvalue weighted by Crippen LogP contribution is -1.93. The Morgan fingerprint density at radius 2 is 1.81 bits per heavy atom. The molecule has 0 aliphatic carbocycles. The van der Waals surface area contributed by atoms with E-state index in [1.807, 2.05) is 6.07 Å². The Bertz CT molecular complexity index is 894. The van der Waals surface area contributed by atoms with Crippen molar-refractivity contribution in [2.45, 2.75) is 6.61 Å². The molecule has 3 rings (SSSR count). The molecule has 1 aromatic heterocycles. The van der Waals surface area contributed by atoms with Crippen LogP contribution in [0.1, 0.15) is 11.5 Å². The van der Waals surface area contributed by atoms with E-state index in [1.165, 1.54) is 0 Å². The van der Waals surface area contributed by atoms with Crippen molar-refractivity contribution in [3.63, 3.8) is 0 Å². The minimum Gasteiger partial charge on any atom is -0.493 e. The molecule has 134 valence electrons. The molecule has 2 aromatic carbocycles. The largest absolute Gasteiger partial charge is 0.493 e. The van der Waals surface area contributed by atoms with Gasteiger partial charge in [0.05, 0.1) is 20.4 Å². The number of hydrogen-bond donors (Lipinski definition) is 0. The zero-order chi connectivity index (χ0) is 18.4. The van der Waals surface area contributed by atoms with E-state index in [0.29, 0.717) is 28.3 Å². The molecule has 8 heteroatoms. The average Bonchev–Trinajstić information content (AvgIpc) is 3.14. The fourth-order valence-electron chi connectivity index (χ4n) is 2.14. The van der Waals surface area contributed by atoms with Gasteiger partial charge in [0.15, 0.2) is 18.1 Å². The first kappa shape index (κ1) is 17.8. The van der Waals surface area contributed by atoms with Crippen molar-refractivity contribution >= 4 is 17.8 Å². The van der Waals surface area contributed by atoms with Crippen LogP contribution in [0, 0.1) is 0 Å². The monoisotopic (exact) mass is 373 g/mol. The van der Waals surface area contributed by atoms with Crippen molar-refractivity contribution in [3.8, 4) is 23.0 Å². The summed E-state index contributed by atoms with van der Waals surface area (Å²) >= 11 is 5.86. The highest BCUT2D eigenvalue weighted by molar-refractivity contribution is 6.30. The molecule has 26 heavy (non-hydrogen) atoms. The van der Waals surface area contributed by atoms with Crippen LogP contribution in [0.5, 0.6) is 11.5 Å².